The van der Waals surface area contributed by atoms with Crippen molar-refractivity contribution in [2.75, 3.05) is 6.54 Å². The van der Waals surface area contributed by atoms with Crippen molar-refractivity contribution in [3.8, 4) is 0 Å². The third-order valence-corrected chi connectivity index (χ3v) is 4.90. The van der Waals surface area contributed by atoms with Gasteiger partial charge in [-0.3, -0.25) is 8.98 Å². The number of hydrogen-bond acceptors (Lipinski definition) is 5. The molecule has 0 bridgehead atoms. The molecule has 0 unspecified atom stereocenters. The number of carboxylic acid groups (broad SMARTS) is 1. The Morgan fingerprint density at radius 1 is 1.27 bits per heavy atom. The summed E-state index contributed by atoms with van der Waals surface area (Å²) in [5, 5.41) is 9.10. The molecule has 0 radical (unpaired) electrons. The lowest BCUT2D eigenvalue weighted by Crippen LogP contribution is -2.39. The molecular formula is C14H17NO6S. The molecule has 1 heterocycles. The molecule has 8 heteroatoms. The average molecular weight is 327 g/mol. The fourth-order valence-corrected chi connectivity index (χ4v) is 3.47. The molecule has 1 aromatic rings. The van der Waals surface area contributed by atoms with Crippen LogP contribution in [0.5, 0.6) is 0 Å². The van der Waals surface area contributed by atoms with Crippen LogP contribution in [0.1, 0.15) is 18.9 Å². The zero-order chi connectivity index (χ0) is 16.5. The van der Waals surface area contributed by atoms with Crippen LogP contribution in [0.25, 0.3) is 0 Å². The lowest BCUT2D eigenvalue weighted by atomic mass is 10.2. The number of carbonyl (C=O) groups excluding carboxylic acids is 1. The zero-order valence-electron chi connectivity index (χ0n) is 12.2. The molecule has 1 amide bonds. The van der Waals surface area contributed by atoms with Gasteiger partial charge in [-0.05, 0) is 19.1 Å². The molecular weight excluding hydrogens is 310 g/mol. The van der Waals surface area contributed by atoms with Crippen LogP contribution in [0.2, 0.25) is 0 Å². The summed E-state index contributed by atoms with van der Waals surface area (Å²) in [6, 6.07) is 5.09. The van der Waals surface area contributed by atoms with E-state index in [2.05, 4.69) is 0 Å². The number of hydrogen-bond donors (Lipinski definition) is 1. The summed E-state index contributed by atoms with van der Waals surface area (Å²) in [6.07, 6.45) is -0.920. The normalized spacial score (nSPS) is 21.8. The van der Waals surface area contributed by atoms with E-state index in [9.17, 15) is 18.0 Å². The molecule has 2 rings (SSSR count). The summed E-state index contributed by atoms with van der Waals surface area (Å²) < 4.78 is 29.5. The first-order valence-corrected chi connectivity index (χ1v) is 8.11. The third kappa shape index (κ3) is 3.45. The van der Waals surface area contributed by atoms with E-state index in [1.54, 1.807) is 12.1 Å². The van der Waals surface area contributed by atoms with Crippen LogP contribution in [-0.4, -0.2) is 49.0 Å². The maximum atomic E-state index is 12.2. The van der Waals surface area contributed by atoms with Crippen molar-refractivity contribution in [3.63, 3.8) is 0 Å². The predicted molar refractivity (Wildman–Crippen MR) is 76.7 cm³/mol. The van der Waals surface area contributed by atoms with Gasteiger partial charge in [0.1, 0.15) is 6.04 Å². The summed E-state index contributed by atoms with van der Waals surface area (Å²) >= 11 is 0. The first-order chi connectivity index (χ1) is 10.2. The van der Waals surface area contributed by atoms with E-state index in [-0.39, 0.29) is 17.9 Å². The molecule has 0 saturated carbocycles. The van der Waals surface area contributed by atoms with E-state index in [1.165, 1.54) is 19.1 Å². The molecule has 0 aliphatic carbocycles. The van der Waals surface area contributed by atoms with Gasteiger partial charge in [0.2, 0.25) is 5.91 Å². The fourth-order valence-electron chi connectivity index (χ4n) is 2.39. The molecule has 1 aliphatic heterocycles. The van der Waals surface area contributed by atoms with E-state index in [1.807, 2.05) is 6.92 Å². The number of aliphatic carboxylic acids is 1. The van der Waals surface area contributed by atoms with Crippen LogP contribution < -0.4 is 0 Å². The van der Waals surface area contributed by atoms with Gasteiger partial charge >= 0.3 is 5.97 Å². The molecule has 22 heavy (non-hydrogen) atoms. The summed E-state index contributed by atoms with van der Waals surface area (Å²) in [7, 11) is -3.99. The molecule has 120 valence electrons. The maximum absolute atomic E-state index is 12.2. The molecule has 1 aromatic carbocycles. The van der Waals surface area contributed by atoms with Gasteiger partial charge in [0.05, 0.1) is 11.0 Å². The molecule has 1 aliphatic rings. The van der Waals surface area contributed by atoms with Gasteiger partial charge in [0, 0.05) is 19.9 Å². The number of amides is 1. The van der Waals surface area contributed by atoms with Crippen LogP contribution in [0, 0.1) is 6.92 Å². The van der Waals surface area contributed by atoms with E-state index in [0.717, 1.165) is 10.5 Å². The van der Waals surface area contributed by atoms with Crippen molar-refractivity contribution in [3.05, 3.63) is 29.8 Å². The second kappa shape index (κ2) is 6.05. The minimum Gasteiger partial charge on any atom is -0.480 e. The van der Waals surface area contributed by atoms with Gasteiger partial charge < -0.3 is 10.0 Å². The molecule has 2 atom stereocenters. The van der Waals surface area contributed by atoms with Crippen molar-refractivity contribution in [1.29, 1.82) is 0 Å². The van der Waals surface area contributed by atoms with E-state index in [4.69, 9.17) is 9.29 Å². The number of likely N-dealkylation sites (tertiary alicyclic amines) is 1. The Morgan fingerprint density at radius 2 is 1.86 bits per heavy atom. The van der Waals surface area contributed by atoms with Crippen LogP contribution in [-0.2, 0) is 23.9 Å². The Hall–Kier alpha value is -1.93. The van der Waals surface area contributed by atoms with Gasteiger partial charge in [-0.1, -0.05) is 17.7 Å². The Bertz CT molecular complexity index is 660. The number of benzene rings is 1. The van der Waals surface area contributed by atoms with Crippen LogP contribution in [0.3, 0.4) is 0 Å². The highest BCUT2D eigenvalue weighted by Crippen LogP contribution is 2.25. The summed E-state index contributed by atoms with van der Waals surface area (Å²) in [4.78, 5) is 23.7. The average Bonchev–Trinajstić information content (AvgIpc) is 2.82. The molecule has 1 fully saturated rings. The molecule has 1 saturated heterocycles. The number of aryl methyl sites for hydroxylation is 1. The second-order valence-corrected chi connectivity index (χ2v) is 6.82. The van der Waals surface area contributed by atoms with Crippen molar-refractivity contribution in [1.82, 2.24) is 4.90 Å². The number of carboxylic acids is 1. The van der Waals surface area contributed by atoms with Crippen molar-refractivity contribution < 1.29 is 27.3 Å². The minimum atomic E-state index is -3.99. The summed E-state index contributed by atoms with van der Waals surface area (Å²) in [6.45, 7) is 3.01. The first kappa shape index (κ1) is 16.4. The van der Waals surface area contributed by atoms with Gasteiger partial charge in [0.15, 0.2) is 0 Å². The highest BCUT2D eigenvalue weighted by atomic mass is 32.2. The first-order valence-electron chi connectivity index (χ1n) is 6.70. The highest BCUT2D eigenvalue weighted by molar-refractivity contribution is 7.86. The topological polar surface area (TPSA) is 101 Å². The zero-order valence-corrected chi connectivity index (χ0v) is 13.0. The smallest absolute Gasteiger partial charge is 0.326 e. The lowest BCUT2D eigenvalue weighted by molar-refractivity contribution is -0.147. The van der Waals surface area contributed by atoms with Crippen molar-refractivity contribution in [2.24, 2.45) is 0 Å². The third-order valence-electron chi connectivity index (χ3n) is 3.52. The quantitative estimate of drug-likeness (QED) is 0.820. The predicted octanol–water partition coefficient (Wildman–Crippen LogP) is 0.774. The monoisotopic (exact) mass is 327 g/mol. The lowest BCUT2D eigenvalue weighted by Gasteiger charge is -2.18. The van der Waals surface area contributed by atoms with Gasteiger partial charge in [0.25, 0.3) is 10.1 Å². The van der Waals surface area contributed by atoms with Crippen LogP contribution in [0.4, 0.5) is 0 Å². The summed E-state index contributed by atoms with van der Waals surface area (Å²) in [5.41, 5.74) is 0.911. The number of nitrogens with zero attached hydrogens (tertiary/aromatic N) is 1. The van der Waals surface area contributed by atoms with E-state index >= 15 is 0 Å². The van der Waals surface area contributed by atoms with Crippen LogP contribution >= 0.6 is 0 Å². The van der Waals surface area contributed by atoms with E-state index < -0.39 is 34.1 Å². The van der Waals surface area contributed by atoms with E-state index in [0.29, 0.717) is 0 Å². The minimum absolute atomic E-state index is 0.00579. The molecule has 0 spiro atoms. The van der Waals surface area contributed by atoms with Gasteiger partial charge in [-0.15, -0.1) is 0 Å². The summed E-state index contributed by atoms with van der Waals surface area (Å²) in [5.74, 6) is -1.60. The maximum Gasteiger partial charge on any atom is 0.326 e. The van der Waals surface area contributed by atoms with Crippen molar-refractivity contribution >= 4 is 22.0 Å². The Kier molecular flexibility index (Phi) is 4.52. The molecule has 7 nitrogen and oxygen atoms in total. The van der Waals surface area contributed by atoms with Crippen molar-refractivity contribution in [2.45, 2.75) is 37.3 Å². The molecule has 1 N–H and O–H groups in total. The Labute approximate surface area is 128 Å². The SMILES string of the molecule is CC(=O)N1C[C@H](OS(=O)(=O)c2ccc(C)cc2)C[C@H]1C(=O)O. The van der Waals surface area contributed by atoms with Crippen LogP contribution in [0.15, 0.2) is 29.2 Å². The standard InChI is InChI=1S/C14H17NO6S/c1-9-3-5-12(6-4-9)22(19,20)21-11-7-13(14(17)18)15(8-11)10(2)16/h3-6,11,13H,7-8H2,1-2H3,(H,17,18)/t11-,13+/m1/s1. The van der Waals surface area contributed by atoms with Gasteiger partial charge in [-0.2, -0.15) is 8.42 Å². The molecule has 0 aromatic heterocycles. The fraction of sp³-hybridized carbons (Fsp3) is 0.429. The highest BCUT2D eigenvalue weighted by Gasteiger charge is 2.41. The number of carbonyl (C=O) groups is 2. The Balaban J connectivity index is 2.15. The Morgan fingerprint density at radius 3 is 2.32 bits per heavy atom. The van der Waals surface area contributed by atoms with Gasteiger partial charge in [-0.25, -0.2) is 4.79 Å². The largest absolute Gasteiger partial charge is 0.480 e. The second-order valence-electron chi connectivity index (χ2n) is 5.25. The number of rotatable bonds is 4.